The van der Waals surface area contributed by atoms with Gasteiger partial charge in [-0.1, -0.05) is 6.92 Å². The first kappa shape index (κ1) is 11.0. The zero-order valence-corrected chi connectivity index (χ0v) is 9.00. The van der Waals surface area contributed by atoms with Gasteiger partial charge in [0.1, 0.15) is 0 Å². The number of rotatable bonds is 4. The van der Waals surface area contributed by atoms with Crippen molar-refractivity contribution in [3.05, 3.63) is 0 Å². The van der Waals surface area contributed by atoms with Crippen molar-refractivity contribution >= 4 is 0 Å². The number of aliphatic hydroxyl groups excluding tert-OH is 1. The van der Waals surface area contributed by atoms with Gasteiger partial charge in [-0.2, -0.15) is 0 Å². The molecule has 1 heterocycles. The van der Waals surface area contributed by atoms with Crippen LogP contribution in [0.4, 0.5) is 0 Å². The van der Waals surface area contributed by atoms with Crippen LogP contribution in [0.25, 0.3) is 0 Å². The maximum absolute atomic E-state index is 9.12. The molecule has 1 fully saturated rings. The number of aliphatic hydroxyl groups is 1. The first-order valence-corrected chi connectivity index (χ1v) is 5.59. The molecule has 0 aliphatic carbocycles. The van der Waals surface area contributed by atoms with Crippen molar-refractivity contribution in [2.45, 2.75) is 45.6 Å². The third-order valence-corrected chi connectivity index (χ3v) is 2.84. The van der Waals surface area contributed by atoms with E-state index in [0.29, 0.717) is 0 Å². The van der Waals surface area contributed by atoms with E-state index in [1.165, 1.54) is 32.5 Å². The number of hydrogen-bond donors (Lipinski definition) is 1. The molecule has 0 spiro atoms. The largest absolute Gasteiger partial charge is 0.393 e. The number of likely N-dealkylation sites (tertiary alicyclic amines) is 1. The minimum atomic E-state index is -0.123. The van der Waals surface area contributed by atoms with E-state index >= 15 is 0 Å². The van der Waals surface area contributed by atoms with Gasteiger partial charge in [-0.3, -0.25) is 0 Å². The molecule has 0 aromatic rings. The number of hydrogen-bond acceptors (Lipinski definition) is 2. The van der Waals surface area contributed by atoms with Crippen LogP contribution in [-0.2, 0) is 0 Å². The molecule has 0 aromatic carbocycles. The lowest BCUT2D eigenvalue weighted by atomic mass is 10.00. The van der Waals surface area contributed by atoms with Crippen LogP contribution in [0, 0.1) is 5.92 Å². The summed E-state index contributed by atoms with van der Waals surface area (Å²) in [4.78, 5) is 2.54. The van der Waals surface area contributed by atoms with Crippen molar-refractivity contribution in [3.63, 3.8) is 0 Å². The summed E-state index contributed by atoms with van der Waals surface area (Å²) in [5.41, 5.74) is 0. The lowest BCUT2D eigenvalue weighted by molar-refractivity contribution is 0.151. The van der Waals surface area contributed by atoms with Crippen molar-refractivity contribution in [1.29, 1.82) is 0 Å². The first-order chi connectivity index (χ1) is 6.18. The summed E-state index contributed by atoms with van der Waals surface area (Å²) in [6, 6.07) is 0. The smallest absolute Gasteiger partial charge is 0.0512 e. The van der Waals surface area contributed by atoms with Crippen molar-refractivity contribution in [1.82, 2.24) is 4.90 Å². The molecule has 2 nitrogen and oxygen atoms in total. The fraction of sp³-hybridized carbons (Fsp3) is 1.00. The Labute approximate surface area is 81.9 Å². The molecule has 0 aromatic heterocycles. The van der Waals surface area contributed by atoms with Crippen LogP contribution in [0.2, 0.25) is 0 Å². The molecule has 1 saturated heterocycles. The molecule has 1 aliphatic heterocycles. The molecule has 0 radical (unpaired) electrons. The van der Waals surface area contributed by atoms with Crippen molar-refractivity contribution in [2.75, 3.05) is 19.6 Å². The average Bonchev–Trinajstić information content (AvgIpc) is 2.03. The third-order valence-electron chi connectivity index (χ3n) is 2.84. The molecular weight excluding hydrogens is 162 g/mol. The van der Waals surface area contributed by atoms with Crippen LogP contribution in [0.3, 0.4) is 0 Å². The van der Waals surface area contributed by atoms with Gasteiger partial charge in [-0.05, 0) is 51.6 Å². The highest BCUT2D eigenvalue weighted by Crippen LogP contribution is 2.15. The van der Waals surface area contributed by atoms with Gasteiger partial charge in [0.05, 0.1) is 6.10 Å². The average molecular weight is 185 g/mol. The van der Waals surface area contributed by atoms with E-state index in [2.05, 4.69) is 11.8 Å². The van der Waals surface area contributed by atoms with E-state index in [1.807, 2.05) is 6.92 Å². The van der Waals surface area contributed by atoms with E-state index in [-0.39, 0.29) is 6.10 Å². The highest BCUT2D eigenvalue weighted by molar-refractivity contribution is 4.69. The lowest BCUT2D eigenvalue weighted by Gasteiger charge is -2.30. The first-order valence-electron chi connectivity index (χ1n) is 5.59. The highest BCUT2D eigenvalue weighted by Gasteiger charge is 2.15. The van der Waals surface area contributed by atoms with Crippen LogP contribution >= 0.6 is 0 Å². The van der Waals surface area contributed by atoms with Gasteiger partial charge in [-0.25, -0.2) is 0 Å². The van der Waals surface area contributed by atoms with Gasteiger partial charge in [-0.15, -0.1) is 0 Å². The molecule has 13 heavy (non-hydrogen) atoms. The minimum absolute atomic E-state index is 0.123. The normalized spacial score (nSPS) is 27.5. The van der Waals surface area contributed by atoms with Gasteiger partial charge < -0.3 is 10.0 Å². The van der Waals surface area contributed by atoms with Crippen LogP contribution in [0.1, 0.15) is 39.5 Å². The predicted molar refractivity (Wildman–Crippen MR) is 55.8 cm³/mol. The van der Waals surface area contributed by atoms with Crippen molar-refractivity contribution in [3.8, 4) is 0 Å². The Hall–Kier alpha value is -0.0800. The Balaban J connectivity index is 2.06. The highest BCUT2D eigenvalue weighted by atomic mass is 16.3. The van der Waals surface area contributed by atoms with Crippen LogP contribution in [-0.4, -0.2) is 35.7 Å². The second-order valence-electron chi connectivity index (χ2n) is 4.54. The standard InChI is InChI=1S/C11H23NO/c1-10-5-3-7-12(9-10)8-4-6-11(2)13/h10-11,13H,3-9H2,1-2H3. The summed E-state index contributed by atoms with van der Waals surface area (Å²) in [6.45, 7) is 7.92. The molecule has 78 valence electrons. The SMILES string of the molecule is CC(O)CCCN1CCCC(C)C1. The van der Waals surface area contributed by atoms with Crippen LogP contribution in [0.5, 0.6) is 0 Å². The Kier molecular flexibility index (Phi) is 4.74. The summed E-state index contributed by atoms with van der Waals surface area (Å²) in [7, 11) is 0. The maximum atomic E-state index is 9.12. The molecule has 1 N–H and O–H groups in total. The fourth-order valence-corrected chi connectivity index (χ4v) is 2.10. The van der Waals surface area contributed by atoms with E-state index in [0.717, 1.165) is 18.8 Å². The minimum Gasteiger partial charge on any atom is -0.393 e. The van der Waals surface area contributed by atoms with Gasteiger partial charge in [0, 0.05) is 6.54 Å². The second-order valence-corrected chi connectivity index (χ2v) is 4.54. The molecule has 2 unspecified atom stereocenters. The van der Waals surface area contributed by atoms with Gasteiger partial charge >= 0.3 is 0 Å². The van der Waals surface area contributed by atoms with E-state index in [9.17, 15) is 0 Å². The molecule has 2 atom stereocenters. The van der Waals surface area contributed by atoms with Crippen LogP contribution < -0.4 is 0 Å². The van der Waals surface area contributed by atoms with Crippen molar-refractivity contribution < 1.29 is 5.11 Å². The predicted octanol–water partition coefficient (Wildman–Crippen LogP) is 1.88. The summed E-state index contributed by atoms with van der Waals surface area (Å²) >= 11 is 0. The quantitative estimate of drug-likeness (QED) is 0.723. The molecular formula is C11H23NO. The molecule has 0 bridgehead atoms. The summed E-state index contributed by atoms with van der Waals surface area (Å²) in [5, 5.41) is 9.12. The van der Waals surface area contributed by atoms with E-state index in [4.69, 9.17) is 5.11 Å². The van der Waals surface area contributed by atoms with Gasteiger partial charge in [0.15, 0.2) is 0 Å². The molecule has 0 amide bonds. The zero-order chi connectivity index (χ0) is 9.68. The zero-order valence-electron chi connectivity index (χ0n) is 9.00. The summed E-state index contributed by atoms with van der Waals surface area (Å²) in [6.07, 6.45) is 4.72. The lowest BCUT2D eigenvalue weighted by Crippen LogP contribution is -2.35. The molecule has 2 heteroatoms. The Morgan fingerprint density at radius 1 is 1.54 bits per heavy atom. The third kappa shape index (κ3) is 4.63. The van der Waals surface area contributed by atoms with E-state index in [1.54, 1.807) is 0 Å². The fourth-order valence-electron chi connectivity index (χ4n) is 2.10. The van der Waals surface area contributed by atoms with Crippen molar-refractivity contribution in [2.24, 2.45) is 5.92 Å². The van der Waals surface area contributed by atoms with Gasteiger partial charge in [0.2, 0.25) is 0 Å². The molecule has 0 saturated carbocycles. The topological polar surface area (TPSA) is 23.5 Å². The second kappa shape index (κ2) is 5.61. The van der Waals surface area contributed by atoms with E-state index < -0.39 is 0 Å². The molecule has 1 rings (SSSR count). The molecule has 1 aliphatic rings. The Bertz CT molecular complexity index is 136. The maximum Gasteiger partial charge on any atom is 0.0512 e. The monoisotopic (exact) mass is 185 g/mol. The van der Waals surface area contributed by atoms with Gasteiger partial charge in [0.25, 0.3) is 0 Å². The Morgan fingerprint density at radius 3 is 2.92 bits per heavy atom. The summed E-state index contributed by atoms with van der Waals surface area (Å²) in [5.74, 6) is 0.875. The Morgan fingerprint density at radius 2 is 2.31 bits per heavy atom. The number of nitrogens with zero attached hydrogens (tertiary/aromatic N) is 1. The van der Waals surface area contributed by atoms with Crippen LogP contribution in [0.15, 0.2) is 0 Å². The summed E-state index contributed by atoms with van der Waals surface area (Å²) < 4.78 is 0. The number of piperidine rings is 1.